The fourth-order valence-corrected chi connectivity index (χ4v) is 2.51. The zero-order valence-corrected chi connectivity index (χ0v) is 11.1. The molecule has 1 aliphatic heterocycles. The van der Waals surface area contributed by atoms with Gasteiger partial charge in [-0.05, 0) is 24.7 Å². The van der Waals surface area contributed by atoms with Gasteiger partial charge >= 0.3 is 0 Å². The third-order valence-electron chi connectivity index (χ3n) is 3.69. The highest BCUT2D eigenvalue weighted by atomic mass is 16.5. The molecule has 3 rings (SSSR count). The molecule has 4 heteroatoms. The molecular weight excluding hydrogens is 238 g/mol. The van der Waals surface area contributed by atoms with Gasteiger partial charge in [0, 0.05) is 24.7 Å². The summed E-state index contributed by atoms with van der Waals surface area (Å²) >= 11 is 0. The van der Waals surface area contributed by atoms with Gasteiger partial charge in [0.25, 0.3) is 0 Å². The van der Waals surface area contributed by atoms with Gasteiger partial charge in [-0.25, -0.2) is 0 Å². The maximum Gasteiger partial charge on any atom is 0.0895 e. The Morgan fingerprint density at radius 2 is 2.26 bits per heavy atom. The first-order chi connectivity index (χ1) is 9.24. The molecule has 1 aromatic heterocycles. The Hall–Kier alpha value is -1.49. The zero-order chi connectivity index (χ0) is 13.2. The smallest absolute Gasteiger partial charge is 0.0895 e. The predicted molar refractivity (Wildman–Crippen MR) is 75.9 cm³/mol. The Balaban J connectivity index is 1.86. The van der Waals surface area contributed by atoms with Gasteiger partial charge in [-0.1, -0.05) is 18.2 Å². The first-order valence-corrected chi connectivity index (χ1v) is 6.64. The Kier molecular flexibility index (Phi) is 3.46. The number of aromatic nitrogens is 1. The lowest BCUT2D eigenvalue weighted by molar-refractivity contribution is -0.0326. The third-order valence-corrected chi connectivity index (χ3v) is 3.69. The largest absolute Gasteiger partial charge is 0.374 e. The van der Waals surface area contributed by atoms with Gasteiger partial charge in [0.05, 0.1) is 24.3 Å². The molecule has 2 unspecified atom stereocenters. The molecule has 1 aliphatic rings. The summed E-state index contributed by atoms with van der Waals surface area (Å²) in [5.41, 5.74) is 8.37. The van der Waals surface area contributed by atoms with Crippen molar-refractivity contribution in [2.24, 2.45) is 5.73 Å². The highest BCUT2D eigenvalue weighted by Crippen LogP contribution is 2.22. The monoisotopic (exact) mass is 257 g/mol. The molecule has 19 heavy (non-hydrogen) atoms. The summed E-state index contributed by atoms with van der Waals surface area (Å²) in [4.78, 5) is 6.72. The van der Waals surface area contributed by atoms with E-state index in [-0.39, 0.29) is 12.1 Å². The Morgan fingerprint density at radius 3 is 3.11 bits per heavy atom. The van der Waals surface area contributed by atoms with Crippen LogP contribution in [0.1, 0.15) is 11.6 Å². The lowest BCUT2D eigenvalue weighted by atomic mass is 10.0. The Bertz CT molecular complexity index is 572. The second kappa shape index (κ2) is 5.25. The lowest BCUT2D eigenvalue weighted by Crippen LogP contribution is -2.45. The van der Waals surface area contributed by atoms with Gasteiger partial charge in [-0.15, -0.1) is 0 Å². The van der Waals surface area contributed by atoms with E-state index in [4.69, 9.17) is 10.5 Å². The number of pyridine rings is 1. The van der Waals surface area contributed by atoms with Gasteiger partial charge < -0.3 is 15.4 Å². The molecular formula is C15H19N3O. The molecule has 2 aromatic rings. The van der Waals surface area contributed by atoms with E-state index in [1.165, 1.54) is 0 Å². The highest BCUT2D eigenvalue weighted by Gasteiger charge is 2.25. The number of hydrogen-bond acceptors (Lipinski definition) is 4. The van der Waals surface area contributed by atoms with E-state index < -0.39 is 0 Å². The van der Waals surface area contributed by atoms with E-state index in [0.717, 1.165) is 36.2 Å². The van der Waals surface area contributed by atoms with Crippen molar-refractivity contribution in [2.75, 3.05) is 26.7 Å². The van der Waals surface area contributed by atoms with Gasteiger partial charge in [-0.2, -0.15) is 0 Å². The summed E-state index contributed by atoms with van der Waals surface area (Å²) in [5.74, 6) is 0. The van der Waals surface area contributed by atoms with Crippen molar-refractivity contribution in [1.82, 2.24) is 9.88 Å². The third kappa shape index (κ3) is 2.61. The molecule has 0 saturated carbocycles. The number of morpholine rings is 1. The minimum Gasteiger partial charge on any atom is -0.374 e. The summed E-state index contributed by atoms with van der Waals surface area (Å²) in [7, 11) is 2.10. The Labute approximate surface area is 113 Å². The average molecular weight is 257 g/mol. The average Bonchev–Trinajstić information content (AvgIpc) is 2.46. The molecule has 100 valence electrons. The van der Waals surface area contributed by atoms with Crippen LogP contribution in [0.2, 0.25) is 0 Å². The zero-order valence-electron chi connectivity index (χ0n) is 11.1. The van der Waals surface area contributed by atoms with E-state index in [1.807, 2.05) is 24.4 Å². The van der Waals surface area contributed by atoms with Crippen molar-refractivity contribution >= 4 is 10.9 Å². The van der Waals surface area contributed by atoms with E-state index in [1.54, 1.807) is 0 Å². The molecule has 0 radical (unpaired) electrons. The number of fused-ring (bicyclic) bond motifs is 1. The number of hydrogen-bond donors (Lipinski definition) is 1. The van der Waals surface area contributed by atoms with Gasteiger partial charge in [-0.3, -0.25) is 4.98 Å². The minimum absolute atomic E-state index is 0.0433. The van der Waals surface area contributed by atoms with Crippen LogP contribution in [0.5, 0.6) is 0 Å². The van der Waals surface area contributed by atoms with Crippen LogP contribution in [-0.4, -0.2) is 42.7 Å². The topological polar surface area (TPSA) is 51.4 Å². The van der Waals surface area contributed by atoms with Crippen LogP contribution in [0.15, 0.2) is 36.5 Å². The molecule has 0 spiro atoms. The lowest BCUT2D eigenvalue weighted by Gasteiger charge is -2.33. The van der Waals surface area contributed by atoms with Crippen molar-refractivity contribution in [2.45, 2.75) is 12.1 Å². The number of ether oxygens (including phenoxy) is 1. The number of nitrogens with zero attached hydrogens (tertiary/aromatic N) is 2. The van der Waals surface area contributed by atoms with Gasteiger partial charge in [0.1, 0.15) is 0 Å². The molecule has 0 aliphatic carbocycles. The number of benzene rings is 1. The molecule has 2 N–H and O–H groups in total. The number of likely N-dealkylation sites (N-methyl/N-ethyl adjacent to an activating group) is 1. The number of para-hydroxylation sites is 1. The van der Waals surface area contributed by atoms with Gasteiger partial charge in [0.15, 0.2) is 0 Å². The van der Waals surface area contributed by atoms with Crippen LogP contribution in [0, 0.1) is 0 Å². The van der Waals surface area contributed by atoms with Crippen LogP contribution in [0.4, 0.5) is 0 Å². The maximum absolute atomic E-state index is 6.33. The fourth-order valence-electron chi connectivity index (χ4n) is 2.51. The van der Waals surface area contributed by atoms with Crippen molar-refractivity contribution in [3.63, 3.8) is 0 Å². The van der Waals surface area contributed by atoms with Crippen molar-refractivity contribution in [1.29, 1.82) is 0 Å². The van der Waals surface area contributed by atoms with Crippen LogP contribution >= 0.6 is 0 Å². The number of nitrogens with two attached hydrogens (primary N) is 1. The SMILES string of the molecule is CN1CCOC(C(N)c2cnc3ccccc3c2)C1. The van der Waals surface area contributed by atoms with Crippen LogP contribution in [-0.2, 0) is 4.74 Å². The molecule has 0 bridgehead atoms. The minimum atomic E-state index is -0.125. The normalized spacial score (nSPS) is 22.5. The van der Waals surface area contributed by atoms with Crippen molar-refractivity contribution < 1.29 is 4.74 Å². The van der Waals surface area contributed by atoms with E-state index in [2.05, 4.69) is 29.1 Å². The van der Waals surface area contributed by atoms with Crippen LogP contribution < -0.4 is 5.73 Å². The van der Waals surface area contributed by atoms with E-state index >= 15 is 0 Å². The van der Waals surface area contributed by atoms with E-state index in [9.17, 15) is 0 Å². The predicted octanol–water partition coefficient (Wildman–Crippen LogP) is 1.57. The molecule has 0 amide bonds. The molecule has 1 fully saturated rings. The summed E-state index contributed by atoms with van der Waals surface area (Å²) in [6.07, 6.45) is 1.91. The van der Waals surface area contributed by atoms with Crippen molar-refractivity contribution in [3.8, 4) is 0 Å². The van der Waals surface area contributed by atoms with Crippen LogP contribution in [0.25, 0.3) is 10.9 Å². The molecule has 2 heterocycles. The summed E-state index contributed by atoms with van der Waals surface area (Å²) < 4.78 is 5.78. The van der Waals surface area contributed by atoms with E-state index in [0.29, 0.717) is 0 Å². The second-order valence-corrected chi connectivity index (χ2v) is 5.16. The Morgan fingerprint density at radius 1 is 1.42 bits per heavy atom. The maximum atomic E-state index is 6.33. The molecule has 1 saturated heterocycles. The first-order valence-electron chi connectivity index (χ1n) is 6.64. The molecule has 1 aromatic carbocycles. The van der Waals surface area contributed by atoms with Crippen molar-refractivity contribution in [3.05, 3.63) is 42.1 Å². The summed E-state index contributed by atoms with van der Waals surface area (Å²) in [6, 6.07) is 10.1. The second-order valence-electron chi connectivity index (χ2n) is 5.16. The highest BCUT2D eigenvalue weighted by molar-refractivity contribution is 5.78. The van der Waals surface area contributed by atoms with Gasteiger partial charge in [0.2, 0.25) is 0 Å². The molecule has 4 nitrogen and oxygen atoms in total. The summed E-state index contributed by atoms with van der Waals surface area (Å²) in [6.45, 7) is 2.59. The molecule has 2 atom stereocenters. The quantitative estimate of drug-likeness (QED) is 0.887. The fraction of sp³-hybridized carbons (Fsp3) is 0.400. The summed E-state index contributed by atoms with van der Waals surface area (Å²) in [5, 5.41) is 1.12. The first kappa shape index (κ1) is 12.5. The standard InChI is InChI=1S/C15H19N3O/c1-18-6-7-19-14(10-18)15(16)12-8-11-4-2-3-5-13(11)17-9-12/h2-5,8-9,14-15H,6-7,10,16H2,1H3. The van der Waals surface area contributed by atoms with Crippen LogP contribution in [0.3, 0.4) is 0 Å². The number of rotatable bonds is 2.